The Morgan fingerprint density at radius 3 is 2.05 bits per heavy atom. The van der Waals surface area contributed by atoms with Crippen molar-refractivity contribution in [1.29, 1.82) is 0 Å². The van der Waals surface area contributed by atoms with Crippen molar-refractivity contribution < 1.29 is 10.2 Å². The summed E-state index contributed by atoms with van der Waals surface area (Å²) in [6.07, 6.45) is 3.08. The lowest BCUT2D eigenvalue weighted by atomic mass is 9.99. The largest absolute Gasteiger partial charge is 0.396 e. The molecule has 0 aliphatic rings. The van der Waals surface area contributed by atoms with Crippen molar-refractivity contribution in [3.63, 3.8) is 0 Å². The van der Waals surface area contributed by atoms with Gasteiger partial charge in [0, 0.05) is 6.61 Å². The molecular formula is C18H22O2. The molecular weight excluding hydrogens is 248 g/mol. The van der Waals surface area contributed by atoms with Crippen LogP contribution < -0.4 is 0 Å². The molecule has 0 aromatic heterocycles. The van der Waals surface area contributed by atoms with Crippen molar-refractivity contribution in [1.82, 2.24) is 0 Å². The molecule has 0 saturated heterocycles. The third-order valence-corrected chi connectivity index (χ3v) is 3.54. The molecule has 2 rings (SSSR count). The number of benzene rings is 2. The maximum Gasteiger partial charge on any atom is 0.0790 e. The van der Waals surface area contributed by atoms with Crippen LogP contribution in [0, 0.1) is 0 Å². The summed E-state index contributed by atoms with van der Waals surface area (Å²) >= 11 is 0. The van der Waals surface area contributed by atoms with Gasteiger partial charge < -0.3 is 10.2 Å². The SMILES string of the molecule is OCCCCCC(O)c1ccc(-c2ccccc2)cc1. The predicted octanol–water partition coefficient (Wildman–Crippen LogP) is 3.94. The third kappa shape index (κ3) is 4.19. The van der Waals surface area contributed by atoms with Gasteiger partial charge in [0.05, 0.1) is 6.10 Å². The van der Waals surface area contributed by atoms with E-state index in [1.807, 2.05) is 30.3 Å². The number of aliphatic hydroxyl groups is 2. The van der Waals surface area contributed by atoms with Crippen molar-refractivity contribution in [2.45, 2.75) is 31.8 Å². The van der Waals surface area contributed by atoms with Gasteiger partial charge in [-0.3, -0.25) is 0 Å². The molecule has 106 valence electrons. The van der Waals surface area contributed by atoms with Crippen molar-refractivity contribution in [3.8, 4) is 11.1 Å². The highest BCUT2D eigenvalue weighted by molar-refractivity contribution is 5.63. The quantitative estimate of drug-likeness (QED) is 0.748. The summed E-state index contributed by atoms with van der Waals surface area (Å²) in [6, 6.07) is 18.3. The van der Waals surface area contributed by atoms with Crippen LogP contribution in [0.4, 0.5) is 0 Å². The van der Waals surface area contributed by atoms with E-state index in [-0.39, 0.29) is 6.61 Å². The minimum Gasteiger partial charge on any atom is -0.396 e. The molecule has 2 aromatic rings. The molecule has 0 aliphatic carbocycles. The van der Waals surface area contributed by atoms with E-state index in [0.717, 1.165) is 31.2 Å². The Kier molecular flexibility index (Phi) is 5.78. The van der Waals surface area contributed by atoms with E-state index in [9.17, 15) is 5.11 Å². The van der Waals surface area contributed by atoms with Crippen LogP contribution in [0.1, 0.15) is 37.4 Å². The Labute approximate surface area is 120 Å². The van der Waals surface area contributed by atoms with Crippen molar-refractivity contribution in [2.75, 3.05) is 6.61 Å². The Morgan fingerprint density at radius 2 is 1.40 bits per heavy atom. The molecule has 0 bridgehead atoms. The fraction of sp³-hybridized carbons (Fsp3) is 0.333. The van der Waals surface area contributed by atoms with Gasteiger partial charge in [-0.25, -0.2) is 0 Å². The molecule has 2 N–H and O–H groups in total. The van der Waals surface area contributed by atoms with Gasteiger partial charge in [-0.1, -0.05) is 67.4 Å². The first-order valence-electron chi connectivity index (χ1n) is 7.25. The van der Waals surface area contributed by atoms with E-state index >= 15 is 0 Å². The minimum absolute atomic E-state index is 0.238. The van der Waals surface area contributed by atoms with Crippen molar-refractivity contribution >= 4 is 0 Å². The van der Waals surface area contributed by atoms with Crippen LogP contribution in [0.25, 0.3) is 11.1 Å². The van der Waals surface area contributed by atoms with Crippen molar-refractivity contribution in [3.05, 3.63) is 60.2 Å². The molecule has 0 amide bonds. The Hall–Kier alpha value is -1.64. The van der Waals surface area contributed by atoms with Gasteiger partial charge in [0.2, 0.25) is 0 Å². The lowest BCUT2D eigenvalue weighted by Gasteiger charge is -2.11. The van der Waals surface area contributed by atoms with E-state index < -0.39 is 6.10 Å². The minimum atomic E-state index is -0.404. The molecule has 1 atom stereocenters. The average Bonchev–Trinajstić information content (AvgIpc) is 2.52. The summed E-state index contributed by atoms with van der Waals surface area (Å²) in [5, 5.41) is 18.8. The molecule has 0 fully saturated rings. The fourth-order valence-electron chi connectivity index (χ4n) is 2.32. The second-order valence-corrected chi connectivity index (χ2v) is 5.08. The summed E-state index contributed by atoms with van der Waals surface area (Å²) in [5.41, 5.74) is 3.33. The van der Waals surface area contributed by atoms with Crippen LogP contribution in [-0.2, 0) is 0 Å². The second kappa shape index (κ2) is 7.83. The summed E-state index contributed by atoms with van der Waals surface area (Å²) in [5.74, 6) is 0. The second-order valence-electron chi connectivity index (χ2n) is 5.08. The Bertz CT molecular complexity index is 491. The maximum absolute atomic E-state index is 10.1. The normalized spacial score (nSPS) is 12.3. The monoisotopic (exact) mass is 270 g/mol. The first-order valence-corrected chi connectivity index (χ1v) is 7.25. The highest BCUT2D eigenvalue weighted by atomic mass is 16.3. The first kappa shape index (κ1) is 14.8. The highest BCUT2D eigenvalue weighted by Gasteiger charge is 2.07. The van der Waals surface area contributed by atoms with Crippen LogP contribution in [0.15, 0.2) is 54.6 Å². The van der Waals surface area contributed by atoms with Gasteiger partial charge in [-0.2, -0.15) is 0 Å². The van der Waals surface area contributed by atoms with Gasteiger partial charge in [-0.15, -0.1) is 0 Å². The van der Waals surface area contributed by atoms with E-state index in [2.05, 4.69) is 24.3 Å². The zero-order chi connectivity index (χ0) is 14.2. The number of unbranched alkanes of at least 4 members (excludes halogenated alkanes) is 2. The molecule has 0 heterocycles. The van der Waals surface area contributed by atoms with E-state index in [1.165, 1.54) is 11.1 Å². The summed E-state index contributed by atoms with van der Waals surface area (Å²) in [7, 11) is 0. The zero-order valence-electron chi connectivity index (χ0n) is 11.7. The van der Waals surface area contributed by atoms with Crippen molar-refractivity contribution in [2.24, 2.45) is 0 Å². The van der Waals surface area contributed by atoms with Gasteiger partial charge in [0.15, 0.2) is 0 Å². The Balaban J connectivity index is 1.94. The molecule has 0 spiro atoms. The average molecular weight is 270 g/mol. The van der Waals surface area contributed by atoms with Crippen LogP contribution >= 0.6 is 0 Å². The fourth-order valence-corrected chi connectivity index (χ4v) is 2.32. The van der Waals surface area contributed by atoms with Crippen LogP contribution in [0.3, 0.4) is 0 Å². The zero-order valence-corrected chi connectivity index (χ0v) is 11.7. The number of rotatable bonds is 7. The molecule has 2 aromatic carbocycles. The molecule has 0 radical (unpaired) electrons. The van der Waals surface area contributed by atoms with Gasteiger partial charge in [-0.05, 0) is 29.5 Å². The number of aliphatic hydroxyl groups excluding tert-OH is 2. The maximum atomic E-state index is 10.1. The topological polar surface area (TPSA) is 40.5 Å². The number of hydrogen-bond donors (Lipinski definition) is 2. The van der Waals surface area contributed by atoms with Gasteiger partial charge >= 0.3 is 0 Å². The lowest BCUT2D eigenvalue weighted by Crippen LogP contribution is -1.97. The highest BCUT2D eigenvalue weighted by Crippen LogP contribution is 2.24. The Morgan fingerprint density at radius 1 is 0.750 bits per heavy atom. The van der Waals surface area contributed by atoms with Crippen LogP contribution in [0.5, 0.6) is 0 Å². The standard InChI is InChI=1S/C18H22O2/c19-14-6-2-5-9-18(20)17-12-10-16(11-13-17)15-7-3-1-4-8-15/h1,3-4,7-8,10-13,18-20H,2,5-6,9,14H2. The van der Waals surface area contributed by atoms with Crippen LogP contribution in [0.2, 0.25) is 0 Å². The molecule has 0 aliphatic heterocycles. The van der Waals surface area contributed by atoms with Gasteiger partial charge in [0.25, 0.3) is 0 Å². The van der Waals surface area contributed by atoms with E-state index in [0.29, 0.717) is 0 Å². The smallest absolute Gasteiger partial charge is 0.0790 e. The predicted molar refractivity (Wildman–Crippen MR) is 82.4 cm³/mol. The molecule has 20 heavy (non-hydrogen) atoms. The summed E-state index contributed by atoms with van der Waals surface area (Å²) in [6.45, 7) is 0.238. The molecule has 1 unspecified atom stereocenters. The van der Waals surface area contributed by atoms with Gasteiger partial charge in [0.1, 0.15) is 0 Å². The molecule has 0 saturated carbocycles. The molecule has 2 nitrogen and oxygen atoms in total. The number of hydrogen-bond acceptors (Lipinski definition) is 2. The molecule has 2 heteroatoms. The summed E-state index contributed by atoms with van der Waals surface area (Å²) in [4.78, 5) is 0. The lowest BCUT2D eigenvalue weighted by molar-refractivity contribution is 0.162. The van der Waals surface area contributed by atoms with Crippen LogP contribution in [-0.4, -0.2) is 16.8 Å². The van der Waals surface area contributed by atoms with E-state index in [4.69, 9.17) is 5.11 Å². The van der Waals surface area contributed by atoms with E-state index in [1.54, 1.807) is 0 Å². The summed E-state index contributed by atoms with van der Waals surface area (Å²) < 4.78 is 0. The third-order valence-electron chi connectivity index (χ3n) is 3.54. The first-order chi connectivity index (χ1) is 9.81.